The Balaban J connectivity index is 2.37. The van der Waals surface area contributed by atoms with Crippen LogP contribution in [0.15, 0.2) is 0 Å². The van der Waals surface area contributed by atoms with E-state index in [1.54, 1.807) is 0 Å². The van der Waals surface area contributed by atoms with Crippen LogP contribution in [0.25, 0.3) is 0 Å². The fraction of sp³-hybridized carbons (Fsp3) is 0.933. The summed E-state index contributed by atoms with van der Waals surface area (Å²) in [6.07, 6.45) is 8.59. The molecule has 1 saturated carbocycles. The van der Waals surface area contributed by atoms with Gasteiger partial charge in [-0.3, -0.25) is 4.79 Å². The summed E-state index contributed by atoms with van der Waals surface area (Å²) in [6.45, 7) is 6.33. The summed E-state index contributed by atoms with van der Waals surface area (Å²) >= 11 is 0. The van der Waals surface area contributed by atoms with Gasteiger partial charge in [0, 0.05) is 6.04 Å². The maximum atomic E-state index is 12.0. The first-order valence-electron chi connectivity index (χ1n) is 7.56. The Labute approximate surface area is 112 Å². The van der Waals surface area contributed by atoms with Crippen molar-refractivity contribution in [1.29, 1.82) is 0 Å². The van der Waals surface area contributed by atoms with Crippen molar-refractivity contribution in [1.82, 2.24) is 5.32 Å². The van der Waals surface area contributed by atoms with Gasteiger partial charge in [-0.2, -0.15) is 0 Å². The predicted molar refractivity (Wildman–Crippen MR) is 76.2 cm³/mol. The minimum atomic E-state index is -0.349. The van der Waals surface area contributed by atoms with Crippen molar-refractivity contribution in [2.75, 3.05) is 0 Å². The molecule has 0 aromatic heterocycles. The summed E-state index contributed by atoms with van der Waals surface area (Å²) in [4.78, 5) is 12.0. The first-order chi connectivity index (χ1) is 8.50. The van der Waals surface area contributed by atoms with Gasteiger partial charge < -0.3 is 11.1 Å². The van der Waals surface area contributed by atoms with E-state index in [-0.39, 0.29) is 18.0 Å². The van der Waals surface area contributed by atoms with Crippen molar-refractivity contribution in [3.63, 3.8) is 0 Å². The highest BCUT2D eigenvalue weighted by molar-refractivity contribution is 5.81. The highest BCUT2D eigenvalue weighted by Gasteiger charge is 2.23. The smallest absolute Gasteiger partial charge is 0.237 e. The molecule has 1 aliphatic rings. The summed E-state index contributed by atoms with van der Waals surface area (Å²) in [5.74, 6) is 1.14. The number of hydrogen-bond acceptors (Lipinski definition) is 2. The Morgan fingerprint density at radius 3 is 2.22 bits per heavy atom. The monoisotopic (exact) mass is 254 g/mol. The van der Waals surface area contributed by atoms with Crippen LogP contribution in [0, 0.1) is 11.8 Å². The highest BCUT2D eigenvalue weighted by atomic mass is 16.2. The second-order valence-corrected chi connectivity index (χ2v) is 6.28. The molecule has 0 spiro atoms. The van der Waals surface area contributed by atoms with E-state index in [9.17, 15) is 4.79 Å². The third kappa shape index (κ3) is 5.38. The summed E-state index contributed by atoms with van der Waals surface area (Å²) in [7, 11) is 0. The molecule has 1 aliphatic carbocycles. The van der Waals surface area contributed by atoms with Gasteiger partial charge in [0.05, 0.1) is 6.04 Å². The summed E-state index contributed by atoms with van der Waals surface area (Å²) < 4.78 is 0. The second kappa shape index (κ2) is 7.78. The van der Waals surface area contributed by atoms with Crippen LogP contribution in [0.2, 0.25) is 0 Å². The average Bonchev–Trinajstić information content (AvgIpc) is 2.56. The molecular weight excluding hydrogens is 224 g/mol. The molecular formula is C15H30N2O. The topological polar surface area (TPSA) is 55.1 Å². The van der Waals surface area contributed by atoms with E-state index in [0.717, 1.165) is 6.42 Å². The average molecular weight is 254 g/mol. The van der Waals surface area contributed by atoms with Gasteiger partial charge in [-0.25, -0.2) is 0 Å². The molecule has 0 heterocycles. The lowest BCUT2D eigenvalue weighted by atomic mass is 9.92. The molecule has 0 aromatic carbocycles. The number of rotatable bonds is 5. The van der Waals surface area contributed by atoms with Crippen LogP contribution in [-0.2, 0) is 4.79 Å². The Bertz CT molecular complexity index is 245. The Kier molecular flexibility index (Phi) is 6.69. The van der Waals surface area contributed by atoms with Crippen LogP contribution in [0.3, 0.4) is 0 Å². The normalized spacial score (nSPS) is 21.4. The number of carbonyl (C=O) groups excluding carboxylic acids is 1. The third-order valence-corrected chi connectivity index (χ3v) is 4.04. The molecule has 18 heavy (non-hydrogen) atoms. The van der Waals surface area contributed by atoms with Crippen molar-refractivity contribution in [2.24, 2.45) is 17.6 Å². The molecule has 3 N–H and O–H groups in total. The van der Waals surface area contributed by atoms with Gasteiger partial charge in [-0.15, -0.1) is 0 Å². The standard InChI is InChI=1S/C15H30N2O/c1-11(2)10-14(16)15(18)17-12(3)13-8-6-4-5-7-9-13/h11-14H,4-10,16H2,1-3H3,(H,17,18)/t12-,14?/m1/s1. The van der Waals surface area contributed by atoms with Crippen molar-refractivity contribution < 1.29 is 4.79 Å². The molecule has 1 amide bonds. The minimum absolute atomic E-state index is 0.0282. The van der Waals surface area contributed by atoms with Gasteiger partial charge in [0.1, 0.15) is 0 Å². The lowest BCUT2D eigenvalue weighted by Crippen LogP contribution is -2.47. The first kappa shape index (κ1) is 15.5. The zero-order valence-corrected chi connectivity index (χ0v) is 12.2. The predicted octanol–water partition coefficient (Wildman–Crippen LogP) is 2.83. The van der Waals surface area contributed by atoms with Crippen molar-refractivity contribution in [2.45, 2.75) is 77.8 Å². The van der Waals surface area contributed by atoms with Gasteiger partial charge in [0.25, 0.3) is 0 Å². The molecule has 0 radical (unpaired) electrons. The number of carbonyl (C=O) groups is 1. The molecule has 3 heteroatoms. The molecule has 2 atom stereocenters. The number of nitrogens with two attached hydrogens (primary N) is 1. The summed E-state index contributed by atoms with van der Waals surface area (Å²) in [5, 5.41) is 3.12. The SMILES string of the molecule is CC(C)CC(N)C(=O)N[C@H](C)C1CCCCCC1. The molecule has 1 unspecified atom stereocenters. The van der Waals surface area contributed by atoms with Crippen LogP contribution in [0.5, 0.6) is 0 Å². The Morgan fingerprint density at radius 1 is 1.17 bits per heavy atom. The zero-order valence-electron chi connectivity index (χ0n) is 12.2. The summed E-state index contributed by atoms with van der Waals surface area (Å²) in [5.41, 5.74) is 5.91. The van der Waals surface area contributed by atoms with Crippen LogP contribution in [0.1, 0.15) is 65.7 Å². The van der Waals surface area contributed by atoms with Gasteiger partial charge in [-0.1, -0.05) is 39.5 Å². The van der Waals surface area contributed by atoms with Crippen LogP contribution in [-0.4, -0.2) is 18.0 Å². The molecule has 0 aliphatic heterocycles. The van der Waals surface area contributed by atoms with E-state index in [1.807, 2.05) is 0 Å². The van der Waals surface area contributed by atoms with E-state index >= 15 is 0 Å². The van der Waals surface area contributed by atoms with Crippen molar-refractivity contribution in [3.8, 4) is 0 Å². The van der Waals surface area contributed by atoms with Crippen LogP contribution < -0.4 is 11.1 Å². The van der Waals surface area contributed by atoms with E-state index in [2.05, 4.69) is 26.1 Å². The van der Waals surface area contributed by atoms with Crippen molar-refractivity contribution in [3.05, 3.63) is 0 Å². The number of nitrogens with one attached hydrogen (secondary N) is 1. The summed E-state index contributed by atoms with van der Waals surface area (Å²) in [6, 6.07) is -0.0768. The van der Waals surface area contributed by atoms with E-state index < -0.39 is 0 Å². The molecule has 1 rings (SSSR count). The Morgan fingerprint density at radius 2 is 1.72 bits per heavy atom. The van der Waals surface area contributed by atoms with Gasteiger partial charge in [0.15, 0.2) is 0 Å². The lowest BCUT2D eigenvalue weighted by Gasteiger charge is -2.25. The highest BCUT2D eigenvalue weighted by Crippen LogP contribution is 2.25. The van der Waals surface area contributed by atoms with Gasteiger partial charge in [-0.05, 0) is 38.0 Å². The van der Waals surface area contributed by atoms with E-state index in [1.165, 1.54) is 38.5 Å². The fourth-order valence-electron chi connectivity index (χ4n) is 2.88. The van der Waals surface area contributed by atoms with E-state index in [4.69, 9.17) is 5.73 Å². The molecule has 0 aromatic rings. The quantitative estimate of drug-likeness (QED) is 0.741. The molecule has 1 fully saturated rings. The first-order valence-corrected chi connectivity index (χ1v) is 7.56. The van der Waals surface area contributed by atoms with Crippen LogP contribution >= 0.6 is 0 Å². The number of amides is 1. The van der Waals surface area contributed by atoms with E-state index in [0.29, 0.717) is 11.8 Å². The van der Waals surface area contributed by atoms with Gasteiger partial charge in [0.2, 0.25) is 5.91 Å². The molecule has 3 nitrogen and oxygen atoms in total. The molecule has 0 saturated heterocycles. The minimum Gasteiger partial charge on any atom is -0.352 e. The zero-order chi connectivity index (χ0) is 13.5. The molecule has 0 bridgehead atoms. The molecule has 106 valence electrons. The van der Waals surface area contributed by atoms with Gasteiger partial charge >= 0.3 is 0 Å². The fourth-order valence-corrected chi connectivity index (χ4v) is 2.88. The second-order valence-electron chi connectivity index (χ2n) is 6.28. The Hall–Kier alpha value is -0.570. The van der Waals surface area contributed by atoms with Crippen molar-refractivity contribution >= 4 is 5.91 Å². The largest absolute Gasteiger partial charge is 0.352 e. The lowest BCUT2D eigenvalue weighted by molar-refractivity contribution is -0.123. The number of hydrogen-bond donors (Lipinski definition) is 2. The third-order valence-electron chi connectivity index (χ3n) is 4.04. The maximum absolute atomic E-state index is 12.0. The van der Waals surface area contributed by atoms with Crippen LogP contribution in [0.4, 0.5) is 0 Å². The maximum Gasteiger partial charge on any atom is 0.237 e.